The number of benzene rings is 1. The molecule has 0 fully saturated rings. The van der Waals surface area contributed by atoms with E-state index in [1.54, 1.807) is 5.56 Å². The first-order chi connectivity index (χ1) is 10.8. The van der Waals surface area contributed by atoms with Crippen molar-refractivity contribution in [1.82, 2.24) is 4.98 Å². The van der Waals surface area contributed by atoms with Crippen molar-refractivity contribution in [3.63, 3.8) is 0 Å². The highest BCUT2D eigenvalue weighted by molar-refractivity contribution is 5.86. The molecule has 0 spiro atoms. The lowest BCUT2D eigenvalue weighted by atomic mass is 9.73. The van der Waals surface area contributed by atoms with E-state index in [0.717, 1.165) is 0 Å². The van der Waals surface area contributed by atoms with Gasteiger partial charge in [0.2, 0.25) is 0 Å². The van der Waals surface area contributed by atoms with Gasteiger partial charge in [-0.05, 0) is 42.7 Å². The molecule has 0 amide bonds. The van der Waals surface area contributed by atoms with Gasteiger partial charge in [0.25, 0.3) is 0 Å². The van der Waals surface area contributed by atoms with E-state index < -0.39 is 0 Å². The molecule has 1 heteroatoms. The Bertz CT molecular complexity index is 597. The highest BCUT2D eigenvalue weighted by Crippen LogP contribution is 2.49. The summed E-state index contributed by atoms with van der Waals surface area (Å²) in [4.78, 5) is 3.71. The molecule has 2 aromatic rings. The lowest BCUT2D eigenvalue weighted by molar-refractivity contribution is 0.337. The second-order valence-electron chi connectivity index (χ2n) is 7.22. The molecule has 3 rings (SSSR count). The van der Waals surface area contributed by atoms with Gasteiger partial charge in [0.15, 0.2) is 0 Å². The lowest BCUT2D eigenvalue weighted by Crippen LogP contribution is -2.23. The number of hydrogen-bond acceptors (Lipinski definition) is 0. The normalized spacial score (nSPS) is 16.3. The van der Waals surface area contributed by atoms with Crippen LogP contribution in [0.15, 0.2) is 24.3 Å². The Morgan fingerprint density at radius 1 is 0.955 bits per heavy atom. The van der Waals surface area contributed by atoms with Gasteiger partial charge >= 0.3 is 0 Å². The van der Waals surface area contributed by atoms with Crippen molar-refractivity contribution in [2.45, 2.75) is 83.5 Å². The summed E-state index contributed by atoms with van der Waals surface area (Å²) in [5, 5.41) is 1.50. The third kappa shape index (κ3) is 2.83. The Labute approximate surface area is 135 Å². The van der Waals surface area contributed by atoms with Crippen LogP contribution in [0.3, 0.4) is 0 Å². The van der Waals surface area contributed by atoms with Crippen LogP contribution in [0.5, 0.6) is 0 Å². The predicted octanol–water partition coefficient (Wildman–Crippen LogP) is 6.51. The van der Waals surface area contributed by atoms with Gasteiger partial charge < -0.3 is 4.98 Å². The van der Waals surface area contributed by atoms with Crippen LogP contribution < -0.4 is 0 Å². The van der Waals surface area contributed by atoms with Gasteiger partial charge in [-0.15, -0.1) is 0 Å². The second kappa shape index (κ2) is 6.89. The fourth-order valence-corrected chi connectivity index (χ4v) is 4.53. The molecule has 0 bridgehead atoms. The van der Waals surface area contributed by atoms with Crippen LogP contribution >= 0.6 is 0 Å². The second-order valence-corrected chi connectivity index (χ2v) is 7.22. The van der Waals surface area contributed by atoms with E-state index in [4.69, 9.17) is 0 Å². The van der Waals surface area contributed by atoms with Gasteiger partial charge in [0, 0.05) is 16.6 Å². The van der Waals surface area contributed by atoms with Gasteiger partial charge in [0.05, 0.1) is 0 Å². The van der Waals surface area contributed by atoms with E-state index in [-0.39, 0.29) is 0 Å². The summed E-state index contributed by atoms with van der Waals surface area (Å²) < 4.78 is 0. The molecule has 0 unspecified atom stereocenters. The van der Waals surface area contributed by atoms with Crippen LogP contribution in [0.4, 0.5) is 0 Å². The highest BCUT2D eigenvalue weighted by atomic mass is 14.7. The van der Waals surface area contributed by atoms with E-state index in [1.165, 1.54) is 80.8 Å². The maximum atomic E-state index is 3.71. The standard InChI is InChI=1S/C21H31N/c1-3-5-9-14-21(15-10-6-4-2)16-13-19-20(21)17-11-7-8-12-18(17)22-19/h7-8,11-12,22H,3-6,9-10,13-16H2,1-2H3. The number of hydrogen-bond donors (Lipinski definition) is 1. The summed E-state index contributed by atoms with van der Waals surface area (Å²) in [5.74, 6) is 0. The Kier molecular flexibility index (Phi) is 4.90. The Morgan fingerprint density at radius 2 is 1.64 bits per heavy atom. The van der Waals surface area contributed by atoms with Crippen molar-refractivity contribution >= 4 is 10.9 Å². The van der Waals surface area contributed by atoms with E-state index in [2.05, 4.69) is 43.1 Å². The molecular weight excluding hydrogens is 266 g/mol. The average molecular weight is 297 g/mol. The largest absolute Gasteiger partial charge is 0.358 e. The molecule has 1 aliphatic carbocycles. The number of H-pyrrole nitrogens is 1. The maximum Gasteiger partial charge on any atom is 0.0459 e. The summed E-state index contributed by atoms with van der Waals surface area (Å²) >= 11 is 0. The first-order valence-corrected chi connectivity index (χ1v) is 9.41. The Hall–Kier alpha value is -1.24. The molecule has 1 aliphatic rings. The minimum absolute atomic E-state index is 0.458. The summed E-state index contributed by atoms with van der Waals surface area (Å²) in [5.41, 5.74) is 5.03. The molecule has 0 saturated carbocycles. The smallest absolute Gasteiger partial charge is 0.0459 e. The third-order valence-corrected chi connectivity index (χ3v) is 5.69. The maximum absolute atomic E-state index is 3.71. The summed E-state index contributed by atoms with van der Waals surface area (Å²) in [7, 11) is 0. The first kappa shape index (κ1) is 15.6. The van der Waals surface area contributed by atoms with Gasteiger partial charge in [0.1, 0.15) is 0 Å². The predicted molar refractivity (Wildman–Crippen MR) is 96.6 cm³/mol. The van der Waals surface area contributed by atoms with Crippen molar-refractivity contribution in [3.8, 4) is 0 Å². The average Bonchev–Trinajstić information content (AvgIpc) is 3.07. The van der Waals surface area contributed by atoms with Crippen molar-refractivity contribution in [1.29, 1.82) is 0 Å². The molecule has 22 heavy (non-hydrogen) atoms. The van der Waals surface area contributed by atoms with E-state index in [1.807, 2.05) is 0 Å². The molecular formula is C21H31N. The molecule has 0 atom stereocenters. The molecule has 1 aromatic carbocycles. The van der Waals surface area contributed by atoms with Crippen molar-refractivity contribution < 1.29 is 0 Å². The summed E-state index contributed by atoms with van der Waals surface area (Å²) in [6, 6.07) is 8.95. The number of unbranched alkanes of at least 4 members (excludes halogenated alkanes) is 4. The van der Waals surface area contributed by atoms with Crippen molar-refractivity contribution in [2.24, 2.45) is 0 Å². The van der Waals surface area contributed by atoms with Gasteiger partial charge in [-0.25, -0.2) is 0 Å². The fourth-order valence-electron chi connectivity index (χ4n) is 4.53. The number of aromatic nitrogens is 1. The SMILES string of the molecule is CCCCCC1(CCCCC)CCc2[nH]c3ccccc3c21. The minimum Gasteiger partial charge on any atom is -0.358 e. The van der Waals surface area contributed by atoms with Crippen LogP contribution in [-0.2, 0) is 11.8 Å². The number of nitrogens with one attached hydrogen (secondary N) is 1. The van der Waals surface area contributed by atoms with Crippen LogP contribution in [0.2, 0.25) is 0 Å². The summed E-state index contributed by atoms with van der Waals surface area (Å²) in [6.45, 7) is 4.63. The van der Waals surface area contributed by atoms with Crippen molar-refractivity contribution in [3.05, 3.63) is 35.5 Å². The lowest BCUT2D eigenvalue weighted by Gasteiger charge is -2.31. The number of aryl methyl sites for hydroxylation is 1. The van der Waals surface area contributed by atoms with Crippen LogP contribution in [0.25, 0.3) is 10.9 Å². The molecule has 1 N–H and O–H groups in total. The number of para-hydroxylation sites is 1. The molecule has 1 nitrogen and oxygen atoms in total. The molecule has 0 aliphatic heterocycles. The quantitative estimate of drug-likeness (QED) is 0.534. The minimum atomic E-state index is 0.458. The Morgan fingerprint density at radius 3 is 2.32 bits per heavy atom. The van der Waals surface area contributed by atoms with Gasteiger partial charge in [-0.3, -0.25) is 0 Å². The van der Waals surface area contributed by atoms with E-state index in [0.29, 0.717) is 5.41 Å². The van der Waals surface area contributed by atoms with E-state index >= 15 is 0 Å². The number of rotatable bonds is 8. The first-order valence-electron chi connectivity index (χ1n) is 9.41. The van der Waals surface area contributed by atoms with Crippen LogP contribution in [0, 0.1) is 0 Å². The molecule has 0 saturated heterocycles. The molecule has 0 radical (unpaired) electrons. The van der Waals surface area contributed by atoms with Crippen LogP contribution in [-0.4, -0.2) is 4.98 Å². The summed E-state index contributed by atoms with van der Waals surface area (Å²) in [6.07, 6.45) is 13.6. The van der Waals surface area contributed by atoms with Crippen molar-refractivity contribution in [2.75, 3.05) is 0 Å². The highest BCUT2D eigenvalue weighted by Gasteiger charge is 2.40. The number of aromatic amines is 1. The third-order valence-electron chi connectivity index (χ3n) is 5.69. The fraction of sp³-hybridized carbons (Fsp3) is 0.619. The zero-order chi connectivity index (χ0) is 15.4. The topological polar surface area (TPSA) is 15.8 Å². The molecule has 120 valence electrons. The van der Waals surface area contributed by atoms with Gasteiger partial charge in [-0.1, -0.05) is 70.6 Å². The molecule has 1 heterocycles. The molecule has 1 aromatic heterocycles. The number of fused-ring (bicyclic) bond motifs is 3. The van der Waals surface area contributed by atoms with Crippen LogP contribution in [0.1, 0.15) is 82.9 Å². The van der Waals surface area contributed by atoms with E-state index in [9.17, 15) is 0 Å². The Balaban J connectivity index is 1.93. The monoisotopic (exact) mass is 297 g/mol. The zero-order valence-corrected chi connectivity index (χ0v) is 14.4. The van der Waals surface area contributed by atoms with Gasteiger partial charge in [-0.2, -0.15) is 0 Å². The zero-order valence-electron chi connectivity index (χ0n) is 14.4.